The second kappa shape index (κ2) is 10.5. The summed E-state index contributed by atoms with van der Waals surface area (Å²) in [7, 11) is 0. The Morgan fingerprint density at radius 2 is 1.54 bits per heavy atom. The first-order valence-electron chi connectivity index (χ1n) is 8.85. The molecule has 128 valence electrons. The lowest BCUT2D eigenvalue weighted by atomic mass is 9.93. The average Bonchev–Trinajstić information content (AvgIpc) is 2.63. The Bertz CT molecular complexity index is 663. The normalized spacial score (nSPS) is 11.9. The van der Waals surface area contributed by atoms with Crippen molar-refractivity contribution in [1.29, 1.82) is 0 Å². The Labute approximate surface area is 147 Å². The Hall–Kier alpha value is -2.28. The van der Waals surface area contributed by atoms with E-state index in [0.29, 0.717) is 5.92 Å². The van der Waals surface area contributed by atoms with Crippen LogP contribution in [0.2, 0.25) is 0 Å². The van der Waals surface area contributed by atoms with Crippen LogP contribution >= 0.6 is 0 Å². The summed E-state index contributed by atoms with van der Waals surface area (Å²) in [5, 5.41) is 0. The first-order valence-corrected chi connectivity index (χ1v) is 8.85. The van der Waals surface area contributed by atoms with Crippen molar-refractivity contribution in [2.45, 2.75) is 47.0 Å². The van der Waals surface area contributed by atoms with Crippen LogP contribution in [0, 0.1) is 0 Å². The molecule has 1 heteroatoms. The highest BCUT2D eigenvalue weighted by atomic mass is 14.5. The monoisotopic (exact) mass is 321 g/mol. The van der Waals surface area contributed by atoms with E-state index in [2.05, 4.69) is 63.2 Å². The summed E-state index contributed by atoms with van der Waals surface area (Å²) in [6.45, 7) is 10.6. The zero-order chi connectivity index (χ0) is 17.9. The quantitative estimate of drug-likeness (QED) is 0.640. The molecule has 0 bridgehead atoms. The molecule has 0 heterocycles. The Morgan fingerprint density at radius 3 is 2.12 bits per heavy atom. The summed E-state index contributed by atoms with van der Waals surface area (Å²) in [5.41, 5.74) is 12.1. The van der Waals surface area contributed by atoms with E-state index in [4.69, 9.17) is 5.73 Å². The summed E-state index contributed by atoms with van der Waals surface area (Å²) in [6.07, 6.45) is 4.91. The van der Waals surface area contributed by atoms with Crippen molar-refractivity contribution in [3.05, 3.63) is 89.1 Å². The predicted molar refractivity (Wildman–Crippen MR) is 108 cm³/mol. The van der Waals surface area contributed by atoms with Crippen LogP contribution in [0.3, 0.4) is 0 Å². The van der Waals surface area contributed by atoms with Gasteiger partial charge in [-0.3, -0.25) is 0 Å². The molecule has 0 unspecified atom stereocenters. The number of rotatable bonds is 5. The molecule has 2 aromatic rings. The largest absolute Gasteiger partial charge is 0.404 e. The zero-order valence-electron chi connectivity index (χ0n) is 15.7. The molecule has 2 N–H and O–H groups in total. The molecule has 24 heavy (non-hydrogen) atoms. The Kier molecular flexibility index (Phi) is 8.64. The fourth-order valence-corrected chi connectivity index (χ4v) is 2.73. The molecule has 0 atom stereocenters. The van der Waals surface area contributed by atoms with E-state index in [-0.39, 0.29) is 0 Å². The van der Waals surface area contributed by atoms with E-state index in [1.54, 1.807) is 6.20 Å². The molecule has 0 aromatic heterocycles. The summed E-state index contributed by atoms with van der Waals surface area (Å²) in [5.74, 6) is 0.545. The van der Waals surface area contributed by atoms with Gasteiger partial charge in [0.15, 0.2) is 0 Å². The fraction of sp³-hybridized carbons (Fsp3) is 0.304. The topological polar surface area (TPSA) is 26.0 Å². The third-order valence-corrected chi connectivity index (χ3v) is 3.98. The summed E-state index contributed by atoms with van der Waals surface area (Å²) < 4.78 is 0. The second-order valence-electron chi connectivity index (χ2n) is 5.89. The fourth-order valence-electron chi connectivity index (χ4n) is 2.73. The van der Waals surface area contributed by atoms with E-state index in [1.165, 1.54) is 16.7 Å². The van der Waals surface area contributed by atoms with Crippen LogP contribution in [0.15, 0.2) is 72.4 Å². The Balaban J connectivity index is 0.00000139. The van der Waals surface area contributed by atoms with Crippen molar-refractivity contribution < 1.29 is 0 Å². The molecule has 0 radical (unpaired) electrons. The molecule has 0 fully saturated rings. The van der Waals surface area contributed by atoms with Gasteiger partial charge in [-0.2, -0.15) is 0 Å². The second-order valence-corrected chi connectivity index (χ2v) is 5.89. The molecule has 0 amide bonds. The summed E-state index contributed by atoms with van der Waals surface area (Å²) in [4.78, 5) is 0. The summed E-state index contributed by atoms with van der Waals surface area (Å²) >= 11 is 0. The maximum absolute atomic E-state index is 5.85. The van der Waals surface area contributed by atoms with Crippen molar-refractivity contribution >= 4 is 5.57 Å². The van der Waals surface area contributed by atoms with Gasteiger partial charge in [-0.1, -0.05) is 88.4 Å². The third-order valence-electron chi connectivity index (χ3n) is 3.98. The van der Waals surface area contributed by atoms with Crippen molar-refractivity contribution in [1.82, 2.24) is 0 Å². The van der Waals surface area contributed by atoms with Gasteiger partial charge in [-0.05, 0) is 47.1 Å². The molecule has 0 aliphatic rings. The minimum atomic E-state index is 0.545. The molecule has 0 spiro atoms. The smallest absolute Gasteiger partial charge is 0.00201 e. The van der Waals surface area contributed by atoms with Crippen LogP contribution in [0.5, 0.6) is 0 Å². The van der Waals surface area contributed by atoms with Gasteiger partial charge in [0.05, 0.1) is 0 Å². The molecule has 2 aromatic carbocycles. The predicted octanol–water partition coefficient (Wildman–Crippen LogP) is 6.32. The molecular formula is C23H31N. The molecular weight excluding hydrogens is 290 g/mol. The van der Waals surface area contributed by atoms with Gasteiger partial charge in [-0.15, -0.1) is 0 Å². The SMILES string of the molecule is CC.CC(=C/Cc1ccccc1C(C)C)/C(=C\N)c1ccccc1. The lowest BCUT2D eigenvalue weighted by Crippen LogP contribution is -1.96. The van der Waals surface area contributed by atoms with Gasteiger partial charge < -0.3 is 5.73 Å². The van der Waals surface area contributed by atoms with E-state index in [1.807, 2.05) is 32.0 Å². The van der Waals surface area contributed by atoms with Crippen LogP contribution in [0.4, 0.5) is 0 Å². The van der Waals surface area contributed by atoms with Gasteiger partial charge in [0.1, 0.15) is 0 Å². The maximum atomic E-state index is 5.85. The van der Waals surface area contributed by atoms with E-state index >= 15 is 0 Å². The van der Waals surface area contributed by atoms with Crippen LogP contribution in [-0.4, -0.2) is 0 Å². The van der Waals surface area contributed by atoms with Gasteiger partial charge in [0, 0.05) is 6.20 Å². The van der Waals surface area contributed by atoms with Crippen molar-refractivity contribution in [3.63, 3.8) is 0 Å². The van der Waals surface area contributed by atoms with Gasteiger partial charge in [-0.25, -0.2) is 0 Å². The minimum Gasteiger partial charge on any atom is -0.404 e. The zero-order valence-corrected chi connectivity index (χ0v) is 15.7. The van der Waals surface area contributed by atoms with Gasteiger partial charge in [0.2, 0.25) is 0 Å². The highest BCUT2D eigenvalue weighted by molar-refractivity contribution is 5.78. The minimum absolute atomic E-state index is 0.545. The number of hydrogen-bond acceptors (Lipinski definition) is 1. The van der Waals surface area contributed by atoms with Crippen molar-refractivity contribution in [2.24, 2.45) is 5.73 Å². The Morgan fingerprint density at radius 1 is 0.958 bits per heavy atom. The first-order chi connectivity index (χ1) is 11.6. The van der Waals surface area contributed by atoms with E-state index in [9.17, 15) is 0 Å². The van der Waals surface area contributed by atoms with E-state index in [0.717, 1.165) is 17.6 Å². The third kappa shape index (κ3) is 5.42. The molecule has 2 rings (SSSR count). The highest BCUT2D eigenvalue weighted by Gasteiger charge is 2.06. The van der Waals surface area contributed by atoms with Gasteiger partial charge in [0.25, 0.3) is 0 Å². The average molecular weight is 322 g/mol. The maximum Gasteiger partial charge on any atom is 0.00201 e. The van der Waals surface area contributed by atoms with Crippen LogP contribution < -0.4 is 5.73 Å². The molecule has 1 nitrogen and oxygen atoms in total. The van der Waals surface area contributed by atoms with Gasteiger partial charge >= 0.3 is 0 Å². The number of allylic oxidation sites excluding steroid dienone is 3. The number of benzene rings is 2. The molecule has 0 aliphatic heterocycles. The van der Waals surface area contributed by atoms with Crippen molar-refractivity contribution in [2.75, 3.05) is 0 Å². The lowest BCUT2D eigenvalue weighted by Gasteiger charge is -2.12. The van der Waals surface area contributed by atoms with E-state index < -0.39 is 0 Å². The first kappa shape index (κ1) is 19.8. The number of hydrogen-bond donors (Lipinski definition) is 1. The van der Waals surface area contributed by atoms with Crippen molar-refractivity contribution in [3.8, 4) is 0 Å². The van der Waals surface area contributed by atoms with Crippen LogP contribution in [-0.2, 0) is 6.42 Å². The molecule has 0 aliphatic carbocycles. The standard InChI is InChI=1S/C21H25N.C2H6/c1-16(2)20-12-8-7-11-19(20)14-13-17(3)21(15-22)18-9-5-4-6-10-18;1-2/h4-13,15-16H,14,22H2,1-3H3;1-2H3/b17-13-,21-15+;. The summed E-state index contributed by atoms with van der Waals surface area (Å²) in [6, 6.07) is 19.0. The van der Waals surface area contributed by atoms with Crippen LogP contribution in [0.1, 0.15) is 57.2 Å². The molecule has 0 saturated heterocycles. The highest BCUT2D eigenvalue weighted by Crippen LogP contribution is 2.24. The number of nitrogens with two attached hydrogens (primary N) is 1. The van der Waals surface area contributed by atoms with Crippen LogP contribution in [0.25, 0.3) is 5.57 Å². The molecule has 0 saturated carbocycles. The lowest BCUT2D eigenvalue weighted by molar-refractivity contribution is 0.850.